The second-order valence-electron chi connectivity index (χ2n) is 3.26. The number of carbonyl (C=O) groups is 2. The first-order chi connectivity index (χ1) is 7.00. The molecule has 0 saturated heterocycles. The van der Waals surface area contributed by atoms with Crippen LogP contribution < -0.4 is 11.1 Å². The fourth-order valence-electron chi connectivity index (χ4n) is 0.589. The zero-order chi connectivity index (χ0) is 13.1. The van der Waals surface area contributed by atoms with Gasteiger partial charge in [0, 0.05) is 0 Å². The first kappa shape index (κ1) is 14.6. The van der Waals surface area contributed by atoms with E-state index in [9.17, 15) is 22.8 Å². The topological polar surface area (TPSA) is 113 Å². The zero-order valence-corrected chi connectivity index (χ0v) is 8.21. The summed E-state index contributed by atoms with van der Waals surface area (Å²) in [7, 11) is 0. The second kappa shape index (κ2) is 4.66. The summed E-state index contributed by atoms with van der Waals surface area (Å²) in [4.78, 5) is 21.1. The minimum absolute atomic E-state index is 0.440. The van der Waals surface area contributed by atoms with Crippen LogP contribution in [0.5, 0.6) is 0 Å². The molecule has 94 valence electrons. The number of aliphatic hydroxyl groups is 1. The van der Waals surface area contributed by atoms with Crippen LogP contribution in [0.3, 0.4) is 0 Å². The summed E-state index contributed by atoms with van der Waals surface area (Å²) in [6.45, 7) is -0.410. The van der Waals surface area contributed by atoms with E-state index in [0.717, 1.165) is 0 Å². The van der Waals surface area contributed by atoms with Gasteiger partial charge in [-0.3, -0.25) is 4.79 Å². The Morgan fingerprint density at radius 2 is 1.88 bits per heavy atom. The first-order valence-electron chi connectivity index (χ1n) is 4.05. The number of aliphatic hydroxyl groups excluding tert-OH is 1. The Morgan fingerprint density at radius 1 is 1.44 bits per heavy atom. The van der Waals surface area contributed by atoms with Gasteiger partial charge < -0.3 is 21.3 Å². The monoisotopic (exact) mass is 244 g/mol. The molecule has 0 spiro atoms. The van der Waals surface area contributed by atoms with Gasteiger partial charge in [0.05, 0.1) is 6.54 Å². The second-order valence-corrected chi connectivity index (χ2v) is 3.26. The molecule has 0 aromatic heterocycles. The van der Waals surface area contributed by atoms with E-state index in [1.54, 1.807) is 5.32 Å². The summed E-state index contributed by atoms with van der Waals surface area (Å²) < 4.78 is 36.6. The predicted molar refractivity (Wildman–Crippen MR) is 45.3 cm³/mol. The van der Waals surface area contributed by atoms with Crippen LogP contribution in [0.2, 0.25) is 0 Å². The van der Waals surface area contributed by atoms with Crippen LogP contribution in [-0.4, -0.2) is 46.5 Å². The third kappa shape index (κ3) is 3.35. The summed E-state index contributed by atoms with van der Waals surface area (Å²) in [5, 5.41) is 18.5. The summed E-state index contributed by atoms with van der Waals surface area (Å²) in [6.07, 6.45) is -6.95. The molecule has 0 aliphatic rings. The molecule has 0 radical (unpaired) electrons. The summed E-state index contributed by atoms with van der Waals surface area (Å²) in [5.41, 5.74) is 1.60. The van der Waals surface area contributed by atoms with E-state index in [1.807, 2.05) is 0 Å². The van der Waals surface area contributed by atoms with Gasteiger partial charge in [0.2, 0.25) is 5.91 Å². The molecular weight excluding hydrogens is 233 g/mol. The number of nitrogens with two attached hydrogens (primary N) is 1. The Morgan fingerprint density at radius 3 is 2.19 bits per heavy atom. The van der Waals surface area contributed by atoms with Crippen molar-refractivity contribution in [3.63, 3.8) is 0 Å². The van der Waals surface area contributed by atoms with Crippen LogP contribution >= 0.6 is 0 Å². The number of hydrogen-bond acceptors (Lipinski definition) is 4. The Hall–Kier alpha value is -1.35. The molecule has 0 aliphatic heterocycles. The van der Waals surface area contributed by atoms with E-state index >= 15 is 0 Å². The number of hydrogen-bond donors (Lipinski definition) is 4. The standard InChI is InChI=1S/C7H11F3N2O4/c1-6(11,7(8,9)10)5(16)12-2-3(13)4(14)15/h3,13H,2,11H2,1H3,(H,12,16)(H,14,15). The molecule has 0 aromatic carbocycles. The number of carboxylic acid groups (broad SMARTS) is 1. The van der Waals surface area contributed by atoms with Crippen LogP contribution in [0.25, 0.3) is 0 Å². The van der Waals surface area contributed by atoms with Crippen molar-refractivity contribution in [1.29, 1.82) is 0 Å². The lowest BCUT2D eigenvalue weighted by atomic mass is 10.0. The number of nitrogens with one attached hydrogen (secondary N) is 1. The fourth-order valence-corrected chi connectivity index (χ4v) is 0.589. The van der Waals surface area contributed by atoms with Crippen LogP contribution in [0, 0.1) is 0 Å². The summed E-state index contributed by atoms with van der Waals surface area (Å²) in [5.74, 6) is -3.27. The maximum Gasteiger partial charge on any atom is 0.415 e. The molecule has 2 atom stereocenters. The van der Waals surface area contributed by atoms with E-state index in [0.29, 0.717) is 6.92 Å². The zero-order valence-electron chi connectivity index (χ0n) is 8.21. The van der Waals surface area contributed by atoms with Gasteiger partial charge in [-0.25, -0.2) is 4.79 Å². The van der Waals surface area contributed by atoms with E-state index in [-0.39, 0.29) is 0 Å². The number of amides is 1. The summed E-state index contributed by atoms with van der Waals surface area (Å²) in [6, 6.07) is 0. The van der Waals surface area contributed by atoms with E-state index < -0.39 is 36.2 Å². The van der Waals surface area contributed by atoms with Crippen molar-refractivity contribution in [1.82, 2.24) is 5.32 Å². The van der Waals surface area contributed by atoms with Gasteiger partial charge in [0.25, 0.3) is 0 Å². The van der Waals surface area contributed by atoms with Crippen LogP contribution in [0.4, 0.5) is 13.2 Å². The lowest BCUT2D eigenvalue weighted by Crippen LogP contribution is -2.62. The number of rotatable bonds is 4. The van der Waals surface area contributed by atoms with Crippen molar-refractivity contribution in [2.45, 2.75) is 24.7 Å². The third-order valence-electron chi connectivity index (χ3n) is 1.80. The molecule has 2 unspecified atom stereocenters. The molecule has 9 heteroatoms. The molecule has 0 aromatic rings. The maximum atomic E-state index is 12.2. The first-order valence-corrected chi connectivity index (χ1v) is 4.05. The van der Waals surface area contributed by atoms with E-state index in [1.165, 1.54) is 0 Å². The van der Waals surface area contributed by atoms with Gasteiger partial charge in [-0.05, 0) is 6.92 Å². The third-order valence-corrected chi connectivity index (χ3v) is 1.80. The largest absolute Gasteiger partial charge is 0.479 e. The average Bonchev–Trinajstić information content (AvgIpc) is 2.11. The molecule has 0 fully saturated rings. The molecule has 0 aliphatic carbocycles. The molecule has 16 heavy (non-hydrogen) atoms. The lowest BCUT2D eigenvalue weighted by Gasteiger charge is -2.26. The molecule has 5 N–H and O–H groups in total. The van der Waals surface area contributed by atoms with E-state index in [2.05, 4.69) is 0 Å². The Labute approximate surface area is 88.2 Å². The van der Waals surface area contributed by atoms with Crippen molar-refractivity contribution in [2.24, 2.45) is 5.73 Å². The quantitative estimate of drug-likeness (QED) is 0.497. The van der Waals surface area contributed by atoms with Crippen molar-refractivity contribution in [2.75, 3.05) is 6.54 Å². The number of aliphatic carboxylic acids is 1. The maximum absolute atomic E-state index is 12.2. The number of alkyl halides is 3. The number of carboxylic acids is 1. The van der Waals surface area contributed by atoms with Crippen molar-refractivity contribution in [3.8, 4) is 0 Å². The molecule has 1 amide bonds. The smallest absolute Gasteiger partial charge is 0.415 e. The van der Waals surface area contributed by atoms with Crippen LogP contribution in [-0.2, 0) is 9.59 Å². The SMILES string of the molecule is CC(N)(C(=O)NCC(O)C(=O)O)C(F)(F)F. The van der Waals surface area contributed by atoms with Gasteiger partial charge in [-0.2, -0.15) is 13.2 Å². The molecule has 0 saturated carbocycles. The number of halogens is 3. The molecule has 0 bridgehead atoms. The fraction of sp³-hybridized carbons (Fsp3) is 0.714. The molecule has 6 nitrogen and oxygen atoms in total. The Balaban J connectivity index is 4.44. The highest BCUT2D eigenvalue weighted by atomic mass is 19.4. The highest BCUT2D eigenvalue weighted by Gasteiger charge is 2.53. The Bertz CT molecular complexity index is 290. The minimum atomic E-state index is -4.97. The highest BCUT2D eigenvalue weighted by Crippen LogP contribution is 2.27. The van der Waals surface area contributed by atoms with Gasteiger partial charge in [0.1, 0.15) is 0 Å². The molecule has 0 heterocycles. The van der Waals surface area contributed by atoms with Gasteiger partial charge in [-0.15, -0.1) is 0 Å². The van der Waals surface area contributed by atoms with Gasteiger partial charge >= 0.3 is 12.1 Å². The highest BCUT2D eigenvalue weighted by molar-refractivity contribution is 5.87. The van der Waals surface area contributed by atoms with Crippen molar-refractivity contribution < 1.29 is 33.0 Å². The van der Waals surface area contributed by atoms with E-state index in [4.69, 9.17) is 15.9 Å². The van der Waals surface area contributed by atoms with Gasteiger partial charge in [0.15, 0.2) is 11.6 Å². The molecule has 0 rings (SSSR count). The van der Waals surface area contributed by atoms with Crippen LogP contribution in [0.15, 0.2) is 0 Å². The summed E-state index contributed by atoms with van der Waals surface area (Å²) >= 11 is 0. The average molecular weight is 244 g/mol. The Kier molecular flexibility index (Phi) is 4.27. The lowest BCUT2D eigenvalue weighted by molar-refractivity contribution is -0.187. The normalized spacial score (nSPS) is 17.4. The number of carbonyl (C=O) groups excluding carboxylic acids is 1. The predicted octanol–water partition coefficient (Wildman–Crippen LogP) is -1.17. The van der Waals surface area contributed by atoms with Crippen molar-refractivity contribution >= 4 is 11.9 Å². The van der Waals surface area contributed by atoms with Crippen molar-refractivity contribution in [3.05, 3.63) is 0 Å². The van der Waals surface area contributed by atoms with Crippen LogP contribution in [0.1, 0.15) is 6.92 Å². The molecular formula is C7H11F3N2O4. The minimum Gasteiger partial charge on any atom is -0.479 e. The van der Waals surface area contributed by atoms with Gasteiger partial charge in [-0.1, -0.05) is 0 Å².